The number of amides is 2. The first-order valence-corrected chi connectivity index (χ1v) is 9.90. The van der Waals surface area contributed by atoms with Gasteiger partial charge in [-0.25, -0.2) is 12.8 Å². The van der Waals surface area contributed by atoms with E-state index in [1.165, 1.54) is 12.4 Å². The van der Waals surface area contributed by atoms with E-state index in [9.17, 15) is 22.4 Å². The Labute approximate surface area is 155 Å². The number of sulfone groups is 1. The van der Waals surface area contributed by atoms with Crippen molar-refractivity contribution in [1.29, 1.82) is 0 Å². The quantitative estimate of drug-likeness (QED) is 0.567. The van der Waals surface area contributed by atoms with Gasteiger partial charge >= 0.3 is 11.8 Å². The summed E-state index contributed by atoms with van der Waals surface area (Å²) in [6.45, 7) is -0.317. The van der Waals surface area contributed by atoms with Gasteiger partial charge in [0.25, 0.3) is 0 Å². The van der Waals surface area contributed by atoms with Gasteiger partial charge in [0.2, 0.25) is 0 Å². The molecule has 142 valence electrons. The van der Waals surface area contributed by atoms with Crippen molar-refractivity contribution in [1.82, 2.24) is 15.6 Å². The molecule has 3 rings (SSSR count). The number of rotatable bonds is 6. The number of carbonyl (C=O) groups excluding carboxylic acids is 2. The summed E-state index contributed by atoms with van der Waals surface area (Å²) in [7, 11) is -3.96. The second-order valence-corrected chi connectivity index (χ2v) is 8.36. The van der Waals surface area contributed by atoms with Crippen molar-refractivity contribution in [3.05, 3.63) is 60.2 Å². The Morgan fingerprint density at radius 2 is 1.85 bits per heavy atom. The van der Waals surface area contributed by atoms with Crippen molar-refractivity contribution >= 4 is 21.7 Å². The summed E-state index contributed by atoms with van der Waals surface area (Å²) >= 11 is 0. The van der Waals surface area contributed by atoms with Crippen molar-refractivity contribution in [3.8, 4) is 0 Å². The van der Waals surface area contributed by atoms with Crippen LogP contribution in [0.1, 0.15) is 23.7 Å². The summed E-state index contributed by atoms with van der Waals surface area (Å²) in [5.74, 6) is -2.25. The Balaban J connectivity index is 1.81. The second kappa shape index (κ2) is 7.83. The van der Waals surface area contributed by atoms with Gasteiger partial charge in [-0.05, 0) is 48.7 Å². The van der Waals surface area contributed by atoms with Crippen LogP contribution in [0.4, 0.5) is 4.39 Å². The lowest BCUT2D eigenvalue weighted by molar-refractivity contribution is -0.139. The number of halogens is 1. The van der Waals surface area contributed by atoms with Gasteiger partial charge in [-0.2, -0.15) is 0 Å². The predicted molar refractivity (Wildman–Crippen MR) is 94.7 cm³/mol. The fourth-order valence-electron chi connectivity index (χ4n) is 2.51. The van der Waals surface area contributed by atoms with Crippen LogP contribution in [0.15, 0.2) is 53.7 Å². The number of carbonyl (C=O) groups is 2. The summed E-state index contributed by atoms with van der Waals surface area (Å²) in [6, 6.07) is 7.58. The zero-order chi connectivity index (χ0) is 19.4. The van der Waals surface area contributed by atoms with Gasteiger partial charge in [-0.15, -0.1) is 0 Å². The molecule has 1 fully saturated rings. The van der Waals surface area contributed by atoms with Crippen LogP contribution in [-0.2, 0) is 19.4 Å². The van der Waals surface area contributed by atoms with Gasteiger partial charge in [0.05, 0.1) is 4.90 Å². The molecule has 1 saturated carbocycles. The van der Waals surface area contributed by atoms with Crippen LogP contribution in [0, 0.1) is 5.82 Å². The third-order valence-electron chi connectivity index (χ3n) is 4.14. The molecule has 1 atom stereocenters. The zero-order valence-corrected chi connectivity index (χ0v) is 15.1. The SMILES string of the molecule is O=C(NC[C@H](c1cccnc1)S(=O)(=O)c1ccc(F)cc1)C(=O)NC1CC1. The lowest BCUT2D eigenvalue weighted by atomic mass is 10.2. The first kappa shape index (κ1) is 19.0. The molecular formula is C18H18FN3O4S. The molecular weight excluding hydrogens is 373 g/mol. The molecule has 2 N–H and O–H groups in total. The summed E-state index contributed by atoms with van der Waals surface area (Å²) in [4.78, 5) is 27.6. The maximum absolute atomic E-state index is 13.1. The molecule has 0 bridgehead atoms. The largest absolute Gasteiger partial charge is 0.346 e. The highest BCUT2D eigenvalue weighted by Crippen LogP contribution is 2.28. The van der Waals surface area contributed by atoms with Crippen molar-refractivity contribution in [2.24, 2.45) is 0 Å². The molecule has 1 heterocycles. The van der Waals surface area contributed by atoms with Crippen molar-refractivity contribution < 1.29 is 22.4 Å². The van der Waals surface area contributed by atoms with Gasteiger partial charge < -0.3 is 10.6 Å². The molecule has 1 aliphatic rings. The second-order valence-electron chi connectivity index (χ2n) is 6.23. The van der Waals surface area contributed by atoms with Gasteiger partial charge in [-0.3, -0.25) is 14.6 Å². The highest BCUT2D eigenvalue weighted by atomic mass is 32.2. The molecule has 0 unspecified atom stereocenters. The Kier molecular flexibility index (Phi) is 5.50. The van der Waals surface area contributed by atoms with Crippen LogP contribution in [0.2, 0.25) is 0 Å². The third kappa shape index (κ3) is 4.68. The summed E-state index contributed by atoms with van der Waals surface area (Å²) in [5, 5.41) is 3.74. The maximum atomic E-state index is 13.1. The van der Waals surface area contributed by atoms with Crippen molar-refractivity contribution in [2.75, 3.05) is 6.54 Å². The van der Waals surface area contributed by atoms with E-state index in [4.69, 9.17) is 0 Å². The minimum absolute atomic E-state index is 0.0142. The normalized spacial score (nSPS) is 15.0. The predicted octanol–water partition coefficient (Wildman–Crippen LogP) is 1.13. The first-order valence-electron chi connectivity index (χ1n) is 8.36. The monoisotopic (exact) mass is 391 g/mol. The molecule has 0 radical (unpaired) electrons. The number of benzene rings is 1. The third-order valence-corrected chi connectivity index (χ3v) is 6.26. The van der Waals surface area contributed by atoms with E-state index in [1.807, 2.05) is 0 Å². The Bertz CT molecular complexity index is 929. The van der Waals surface area contributed by atoms with E-state index < -0.39 is 32.7 Å². The molecule has 0 spiro atoms. The minimum atomic E-state index is -3.96. The number of aromatic nitrogens is 1. The average Bonchev–Trinajstić information content (AvgIpc) is 3.46. The molecule has 1 aromatic heterocycles. The molecule has 2 aromatic rings. The highest BCUT2D eigenvalue weighted by molar-refractivity contribution is 7.91. The lowest BCUT2D eigenvalue weighted by Crippen LogP contribution is -2.43. The van der Waals surface area contributed by atoms with E-state index in [0.29, 0.717) is 5.56 Å². The molecule has 0 aliphatic heterocycles. The van der Waals surface area contributed by atoms with E-state index in [2.05, 4.69) is 15.6 Å². The molecule has 0 saturated heterocycles. The number of pyridine rings is 1. The maximum Gasteiger partial charge on any atom is 0.309 e. The first-order chi connectivity index (χ1) is 12.9. The van der Waals surface area contributed by atoms with Crippen LogP contribution in [0.25, 0.3) is 0 Å². The number of nitrogens with zero attached hydrogens (tertiary/aromatic N) is 1. The Hall–Kier alpha value is -2.81. The molecule has 1 aliphatic carbocycles. The van der Waals surface area contributed by atoms with Gasteiger partial charge in [0.15, 0.2) is 9.84 Å². The fraction of sp³-hybridized carbons (Fsp3) is 0.278. The van der Waals surface area contributed by atoms with Crippen LogP contribution < -0.4 is 10.6 Å². The van der Waals surface area contributed by atoms with Crippen LogP contribution in [0.3, 0.4) is 0 Å². The summed E-state index contributed by atoms with van der Waals surface area (Å²) in [6.07, 6.45) is 4.53. The molecule has 27 heavy (non-hydrogen) atoms. The number of hydrogen-bond donors (Lipinski definition) is 2. The fourth-order valence-corrected chi connectivity index (χ4v) is 4.15. The van der Waals surface area contributed by atoms with E-state index in [0.717, 1.165) is 37.1 Å². The van der Waals surface area contributed by atoms with Gasteiger partial charge in [-0.1, -0.05) is 6.07 Å². The molecule has 2 amide bonds. The zero-order valence-electron chi connectivity index (χ0n) is 14.3. The van der Waals surface area contributed by atoms with Crippen molar-refractivity contribution in [2.45, 2.75) is 29.0 Å². The van der Waals surface area contributed by atoms with Gasteiger partial charge in [0, 0.05) is 25.0 Å². The number of nitrogens with one attached hydrogen (secondary N) is 2. The standard InChI is InChI=1S/C18H18FN3O4S/c19-13-3-7-15(8-4-13)27(25,26)16(12-2-1-9-20-10-12)11-21-17(23)18(24)22-14-5-6-14/h1-4,7-10,14,16H,5-6,11H2,(H,21,23)(H,22,24)/t16-/m1/s1. The topological polar surface area (TPSA) is 105 Å². The average molecular weight is 391 g/mol. The molecule has 9 heteroatoms. The van der Waals surface area contributed by atoms with Crippen LogP contribution in [-0.4, -0.2) is 37.8 Å². The minimum Gasteiger partial charge on any atom is -0.346 e. The van der Waals surface area contributed by atoms with Gasteiger partial charge in [0.1, 0.15) is 11.1 Å². The highest BCUT2D eigenvalue weighted by Gasteiger charge is 2.31. The molecule has 7 nitrogen and oxygen atoms in total. The van der Waals surface area contributed by atoms with E-state index in [-0.39, 0.29) is 17.5 Å². The summed E-state index contributed by atoms with van der Waals surface area (Å²) < 4.78 is 39.2. The van der Waals surface area contributed by atoms with Crippen LogP contribution >= 0.6 is 0 Å². The summed E-state index contributed by atoms with van der Waals surface area (Å²) in [5.41, 5.74) is 0.352. The Morgan fingerprint density at radius 3 is 2.44 bits per heavy atom. The number of hydrogen-bond acceptors (Lipinski definition) is 5. The van der Waals surface area contributed by atoms with E-state index >= 15 is 0 Å². The van der Waals surface area contributed by atoms with E-state index in [1.54, 1.807) is 12.1 Å². The van der Waals surface area contributed by atoms with Crippen molar-refractivity contribution in [3.63, 3.8) is 0 Å². The Morgan fingerprint density at radius 1 is 1.15 bits per heavy atom. The lowest BCUT2D eigenvalue weighted by Gasteiger charge is -2.18. The molecule has 1 aromatic carbocycles. The smallest absolute Gasteiger partial charge is 0.309 e. The van der Waals surface area contributed by atoms with Crippen LogP contribution in [0.5, 0.6) is 0 Å².